The number of urea groups is 1. The van der Waals surface area contributed by atoms with Gasteiger partial charge in [0.25, 0.3) is 0 Å². The minimum absolute atomic E-state index is 0.164. The number of rotatable bonds is 6. The minimum Gasteiger partial charge on any atom is -0.464 e. The predicted octanol–water partition coefficient (Wildman–Crippen LogP) is 1.28. The van der Waals surface area contributed by atoms with Gasteiger partial charge in [0.1, 0.15) is 0 Å². The van der Waals surface area contributed by atoms with Crippen molar-refractivity contribution in [3.05, 3.63) is 42.2 Å². The zero-order chi connectivity index (χ0) is 15.8. The molecule has 0 atom stereocenters. The highest BCUT2D eigenvalue weighted by molar-refractivity contribution is 5.89. The molecule has 0 bridgehead atoms. The third-order valence-corrected chi connectivity index (χ3v) is 2.81. The van der Waals surface area contributed by atoms with E-state index in [0.717, 1.165) is 5.69 Å². The molecule has 0 saturated heterocycles. The average Bonchev–Trinajstić information content (AvgIpc) is 3.00. The van der Waals surface area contributed by atoms with Gasteiger partial charge in [0, 0.05) is 18.8 Å². The number of ether oxygens (including phenoxy) is 1. The molecule has 0 saturated carbocycles. The molecule has 1 heterocycles. The maximum Gasteiger partial charge on any atom is 0.360 e. The van der Waals surface area contributed by atoms with Gasteiger partial charge in [-0.2, -0.15) is 0 Å². The van der Waals surface area contributed by atoms with Crippen LogP contribution in [0.1, 0.15) is 16.9 Å². The SMILES string of the molecule is COC(=O)c1cn(CCCNC(=O)Nc2ccccc2)nn1. The van der Waals surface area contributed by atoms with Crippen LogP contribution in [0, 0.1) is 0 Å². The van der Waals surface area contributed by atoms with Gasteiger partial charge < -0.3 is 15.4 Å². The summed E-state index contributed by atoms with van der Waals surface area (Å²) >= 11 is 0. The van der Waals surface area contributed by atoms with E-state index in [1.54, 1.807) is 0 Å². The summed E-state index contributed by atoms with van der Waals surface area (Å²) in [5, 5.41) is 13.0. The highest BCUT2D eigenvalue weighted by Gasteiger charge is 2.10. The maximum atomic E-state index is 11.6. The van der Waals surface area contributed by atoms with E-state index < -0.39 is 5.97 Å². The van der Waals surface area contributed by atoms with Crippen molar-refractivity contribution in [2.24, 2.45) is 0 Å². The molecule has 116 valence electrons. The van der Waals surface area contributed by atoms with Gasteiger partial charge in [0.05, 0.1) is 13.3 Å². The van der Waals surface area contributed by atoms with Crippen LogP contribution in [0.5, 0.6) is 0 Å². The molecule has 0 spiro atoms. The summed E-state index contributed by atoms with van der Waals surface area (Å²) in [5.41, 5.74) is 0.899. The second kappa shape index (κ2) is 7.77. The lowest BCUT2D eigenvalue weighted by molar-refractivity contribution is 0.0594. The van der Waals surface area contributed by atoms with Crippen molar-refractivity contribution in [3.8, 4) is 0 Å². The molecule has 22 heavy (non-hydrogen) atoms. The molecule has 2 aromatic rings. The van der Waals surface area contributed by atoms with E-state index in [9.17, 15) is 9.59 Å². The zero-order valence-corrected chi connectivity index (χ0v) is 12.2. The first-order valence-corrected chi connectivity index (χ1v) is 6.77. The van der Waals surface area contributed by atoms with Crippen LogP contribution in [0.4, 0.5) is 10.5 Å². The third-order valence-electron chi connectivity index (χ3n) is 2.81. The molecule has 8 heteroatoms. The second-order valence-corrected chi connectivity index (χ2v) is 4.46. The van der Waals surface area contributed by atoms with Gasteiger partial charge in [-0.05, 0) is 18.6 Å². The Morgan fingerprint density at radius 2 is 2.05 bits per heavy atom. The largest absolute Gasteiger partial charge is 0.464 e. The molecule has 0 aliphatic heterocycles. The van der Waals surface area contributed by atoms with E-state index in [-0.39, 0.29) is 11.7 Å². The summed E-state index contributed by atoms with van der Waals surface area (Å²) in [4.78, 5) is 22.9. The monoisotopic (exact) mass is 303 g/mol. The normalized spacial score (nSPS) is 10.0. The molecule has 2 rings (SSSR count). The molecule has 0 radical (unpaired) electrons. The molecule has 2 N–H and O–H groups in total. The number of esters is 1. The van der Waals surface area contributed by atoms with Crippen LogP contribution < -0.4 is 10.6 Å². The molecule has 1 aromatic carbocycles. The Kier molecular flexibility index (Phi) is 5.47. The second-order valence-electron chi connectivity index (χ2n) is 4.46. The Bertz CT molecular complexity index is 626. The van der Waals surface area contributed by atoms with Gasteiger partial charge in [-0.3, -0.25) is 4.68 Å². The molecular formula is C14H17N5O3. The average molecular weight is 303 g/mol. The fraction of sp³-hybridized carbons (Fsp3) is 0.286. The van der Waals surface area contributed by atoms with Crippen LogP contribution >= 0.6 is 0 Å². The van der Waals surface area contributed by atoms with E-state index in [0.29, 0.717) is 19.5 Å². The van der Waals surface area contributed by atoms with Gasteiger partial charge in [-0.1, -0.05) is 23.4 Å². The quantitative estimate of drug-likeness (QED) is 0.618. The summed E-state index contributed by atoms with van der Waals surface area (Å²) < 4.78 is 6.07. The topological polar surface area (TPSA) is 98.1 Å². The zero-order valence-electron chi connectivity index (χ0n) is 12.2. The highest BCUT2D eigenvalue weighted by atomic mass is 16.5. The van der Waals surface area contributed by atoms with Gasteiger partial charge in [-0.15, -0.1) is 5.10 Å². The first-order chi connectivity index (χ1) is 10.7. The minimum atomic E-state index is -0.522. The van der Waals surface area contributed by atoms with Crippen LogP contribution in [0.25, 0.3) is 0 Å². The molecule has 0 aliphatic rings. The number of para-hydroxylation sites is 1. The number of nitrogens with zero attached hydrogens (tertiary/aromatic N) is 3. The number of methoxy groups -OCH3 is 1. The fourth-order valence-electron chi connectivity index (χ4n) is 1.75. The Morgan fingerprint density at radius 1 is 1.27 bits per heavy atom. The number of hydrogen-bond acceptors (Lipinski definition) is 5. The number of hydrogen-bond donors (Lipinski definition) is 2. The van der Waals surface area contributed by atoms with Gasteiger partial charge >= 0.3 is 12.0 Å². The molecule has 1 aromatic heterocycles. The van der Waals surface area contributed by atoms with Gasteiger partial charge in [0.2, 0.25) is 0 Å². The summed E-state index contributed by atoms with van der Waals surface area (Å²) in [6.45, 7) is 1.02. The smallest absolute Gasteiger partial charge is 0.360 e. The van der Waals surface area contributed by atoms with E-state index in [4.69, 9.17) is 0 Å². The molecule has 0 aliphatic carbocycles. The first-order valence-electron chi connectivity index (χ1n) is 6.77. The lowest BCUT2D eigenvalue weighted by Crippen LogP contribution is -2.30. The number of anilines is 1. The standard InChI is InChI=1S/C14H17N5O3/c1-22-13(20)12-10-19(18-17-12)9-5-8-15-14(21)16-11-6-3-2-4-7-11/h2-4,6-7,10H,5,8-9H2,1H3,(H2,15,16,21). The summed E-state index contributed by atoms with van der Waals surface area (Å²) in [5.74, 6) is -0.522. The Morgan fingerprint density at radius 3 is 2.77 bits per heavy atom. The van der Waals surface area contributed by atoms with Gasteiger partial charge in [-0.25, -0.2) is 9.59 Å². The number of nitrogens with one attached hydrogen (secondary N) is 2. The van der Waals surface area contributed by atoms with Gasteiger partial charge in [0.15, 0.2) is 5.69 Å². The number of amides is 2. The number of carbonyl (C=O) groups excluding carboxylic acids is 2. The van der Waals surface area contributed by atoms with Crippen molar-refractivity contribution in [1.29, 1.82) is 0 Å². The molecular weight excluding hydrogens is 286 g/mol. The first kappa shape index (κ1) is 15.5. The van der Waals surface area contributed by atoms with Crippen molar-refractivity contribution < 1.29 is 14.3 Å². The van der Waals surface area contributed by atoms with E-state index in [1.807, 2.05) is 30.3 Å². The lowest BCUT2D eigenvalue weighted by Gasteiger charge is -2.07. The predicted molar refractivity (Wildman–Crippen MR) is 79.4 cm³/mol. The fourth-order valence-corrected chi connectivity index (χ4v) is 1.75. The van der Waals surface area contributed by atoms with Crippen molar-refractivity contribution in [2.45, 2.75) is 13.0 Å². The Balaban J connectivity index is 1.67. The number of benzene rings is 1. The highest BCUT2D eigenvalue weighted by Crippen LogP contribution is 2.04. The van der Waals surface area contributed by atoms with Crippen LogP contribution in [0.2, 0.25) is 0 Å². The molecule has 0 unspecified atom stereocenters. The van der Waals surface area contributed by atoms with Crippen LogP contribution in [0.15, 0.2) is 36.5 Å². The summed E-state index contributed by atoms with van der Waals surface area (Å²) in [6, 6.07) is 8.93. The van der Waals surface area contributed by atoms with Crippen molar-refractivity contribution in [3.63, 3.8) is 0 Å². The third kappa shape index (κ3) is 4.58. The number of aryl methyl sites for hydroxylation is 1. The Labute approximate surface area is 127 Å². The van der Waals surface area contributed by atoms with E-state index >= 15 is 0 Å². The van der Waals surface area contributed by atoms with Crippen LogP contribution in [0.3, 0.4) is 0 Å². The van der Waals surface area contributed by atoms with Crippen LogP contribution in [-0.4, -0.2) is 40.6 Å². The van der Waals surface area contributed by atoms with Crippen LogP contribution in [-0.2, 0) is 11.3 Å². The summed E-state index contributed by atoms with van der Waals surface area (Å²) in [7, 11) is 1.29. The number of carbonyl (C=O) groups is 2. The van der Waals surface area contributed by atoms with E-state index in [1.165, 1.54) is 18.0 Å². The Hall–Kier alpha value is -2.90. The summed E-state index contributed by atoms with van der Waals surface area (Å²) in [6.07, 6.45) is 2.17. The number of aromatic nitrogens is 3. The molecule has 0 fully saturated rings. The maximum absolute atomic E-state index is 11.6. The lowest BCUT2D eigenvalue weighted by atomic mass is 10.3. The van der Waals surface area contributed by atoms with Crippen molar-refractivity contribution in [2.75, 3.05) is 19.0 Å². The van der Waals surface area contributed by atoms with Crippen molar-refractivity contribution >= 4 is 17.7 Å². The molecule has 2 amide bonds. The van der Waals surface area contributed by atoms with Crippen molar-refractivity contribution in [1.82, 2.24) is 20.3 Å². The molecule has 8 nitrogen and oxygen atoms in total. The van der Waals surface area contributed by atoms with E-state index in [2.05, 4.69) is 25.7 Å².